The third-order valence-electron chi connectivity index (χ3n) is 18.6. The summed E-state index contributed by atoms with van der Waals surface area (Å²) in [6, 6.07) is 3.74. The molecular formula is C82H97B2Br3F19N7O15. The molecule has 46 heteroatoms. The van der Waals surface area contributed by atoms with Crippen LogP contribution in [-0.4, -0.2) is 159 Å². The molecule has 128 heavy (non-hydrogen) atoms. The highest BCUT2D eigenvalue weighted by atomic mass is 79.9. The molecule has 9 rings (SSSR count). The Morgan fingerprint density at radius 2 is 0.750 bits per heavy atom. The lowest BCUT2D eigenvalue weighted by atomic mass is 9.49. The van der Waals surface area contributed by atoms with E-state index >= 15 is 0 Å². The summed E-state index contributed by atoms with van der Waals surface area (Å²) in [7, 11) is 0.134. The summed E-state index contributed by atoms with van der Waals surface area (Å²) in [5.41, 5.74) is -2.97. The molecule has 0 spiro atoms. The van der Waals surface area contributed by atoms with Crippen molar-refractivity contribution in [2.45, 2.75) is 246 Å². The number of esters is 3. The molecule has 2 aliphatic heterocycles. The maximum atomic E-state index is 14.6. The molecule has 5 atom stereocenters. The molecule has 2 saturated heterocycles. The molecule has 0 radical (unpaired) electrons. The van der Waals surface area contributed by atoms with E-state index in [1.54, 1.807) is 43.5 Å². The number of rotatable bonds is 20. The van der Waals surface area contributed by atoms with Gasteiger partial charge in [0, 0.05) is 56.6 Å². The Morgan fingerprint density at radius 1 is 0.477 bits per heavy atom. The number of carboxylic acid groups (broad SMARTS) is 2. The van der Waals surface area contributed by atoms with Crippen molar-refractivity contribution in [3.8, 4) is 0 Å². The number of pyridine rings is 1. The van der Waals surface area contributed by atoms with Gasteiger partial charge in [-0.2, -0.15) is 39.5 Å². The number of nitrogens with zero attached hydrogens (tertiary/aromatic N) is 2. The number of imidazole rings is 1. The molecule has 4 heterocycles. The van der Waals surface area contributed by atoms with Crippen molar-refractivity contribution in [1.82, 2.24) is 14.7 Å². The Labute approximate surface area is 751 Å². The molecule has 0 bridgehead atoms. The number of methoxy groups -OCH3 is 1. The monoisotopic (exact) mass is 2040 g/mol. The van der Waals surface area contributed by atoms with Gasteiger partial charge in [0.2, 0.25) is 0 Å². The van der Waals surface area contributed by atoms with Gasteiger partial charge in [-0.05, 0) is 218 Å². The van der Waals surface area contributed by atoms with Crippen LogP contribution in [0.15, 0.2) is 98.6 Å². The summed E-state index contributed by atoms with van der Waals surface area (Å²) in [5, 5.41) is 25.0. The lowest BCUT2D eigenvalue weighted by molar-refractivity contribution is -0.143. The predicted molar refractivity (Wildman–Crippen MR) is 449 cm³/mol. The van der Waals surface area contributed by atoms with Gasteiger partial charge in [0.05, 0.1) is 34.0 Å². The first-order chi connectivity index (χ1) is 58.3. The second kappa shape index (κ2) is 46.2. The van der Waals surface area contributed by atoms with E-state index in [4.69, 9.17) is 48.8 Å². The van der Waals surface area contributed by atoms with Gasteiger partial charge >= 0.3 is 62.4 Å². The number of ether oxygens (including phenoxy) is 3. The lowest BCUT2D eigenvalue weighted by Crippen LogP contribution is -2.44. The van der Waals surface area contributed by atoms with Crippen LogP contribution in [0.5, 0.6) is 0 Å². The second-order valence-corrected chi connectivity index (χ2v) is 34.9. The molecule has 2 aliphatic rings. The maximum absolute atomic E-state index is 14.6. The Morgan fingerprint density at radius 3 is 1.01 bits per heavy atom. The fraction of sp³-hybridized carbons (Fsp3) is 0.476. The van der Waals surface area contributed by atoms with Crippen molar-refractivity contribution in [2.75, 3.05) is 23.1 Å². The van der Waals surface area contributed by atoms with E-state index in [2.05, 4.69) is 65.0 Å². The third-order valence-corrected chi connectivity index (χ3v) is 20.2. The first-order valence-corrected chi connectivity index (χ1v) is 40.9. The van der Waals surface area contributed by atoms with Gasteiger partial charge in [0.25, 0.3) is 5.91 Å². The molecule has 22 nitrogen and oxygen atoms in total. The molecule has 2 fully saturated rings. The van der Waals surface area contributed by atoms with Crippen LogP contribution in [0.1, 0.15) is 215 Å². The van der Waals surface area contributed by atoms with Gasteiger partial charge in [-0.25, -0.2) is 72.9 Å². The minimum absolute atomic E-state index is 0.106. The average molecular weight is 2040 g/mol. The fourth-order valence-corrected chi connectivity index (χ4v) is 11.8. The molecule has 0 aliphatic carbocycles. The Hall–Kier alpha value is -8.95. The largest absolute Gasteiger partial charge is 0.488 e. The summed E-state index contributed by atoms with van der Waals surface area (Å²) in [4.78, 5) is 73.2. The summed E-state index contributed by atoms with van der Waals surface area (Å²) in [6.45, 7) is 33.5. The van der Waals surface area contributed by atoms with Crippen LogP contribution in [0.25, 0.3) is 5.65 Å². The normalized spacial score (nSPS) is 15.5. The third kappa shape index (κ3) is 33.2. The van der Waals surface area contributed by atoms with E-state index in [1.165, 1.54) is 47.7 Å². The first kappa shape index (κ1) is 113. The highest BCUT2D eigenvalue weighted by molar-refractivity contribution is 9.11. The van der Waals surface area contributed by atoms with Crippen LogP contribution in [0, 0.1) is 58.2 Å². The number of aromatic nitrogens is 2. The van der Waals surface area contributed by atoms with E-state index < -0.39 is 207 Å². The van der Waals surface area contributed by atoms with Gasteiger partial charge in [-0.15, -0.1) is 0 Å². The van der Waals surface area contributed by atoms with Gasteiger partial charge in [0.15, 0.2) is 5.65 Å². The van der Waals surface area contributed by atoms with Gasteiger partial charge in [0.1, 0.15) is 121 Å². The van der Waals surface area contributed by atoms with Crippen molar-refractivity contribution in [1.29, 1.82) is 0 Å². The van der Waals surface area contributed by atoms with Crippen molar-refractivity contribution in [2.24, 2.45) is 5.73 Å². The van der Waals surface area contributed by atoms with Crippen LogP contribution in [0.3, 0.4) is 0 Å². The summed E-state index contributed by atoms with van der Waals surface area (Å²) < 4.78 is 291. The smallest absolute Gasteiger partial charge is 0.477 e. The number of halogens is 22. The predicted octanol–water partition coefficient (Wildman–Crippen LogP) is 21.8. The van der Waals surface area contributed by atoms with Crippen LogP contribution in [0.2, 0.25) is 0 Å². The zero-order chi connectivity index (χ0) is 98.8. The number of aromatic carboxylic acids is 2. The van der Waals surface area contributed by atoms with Crippen molar-refractivity contribution < 1.29 is 155 Å². The Bertz CT molecular complexity index is 4840. The molecule has 1 amide bonds. The number of hydrogen-bond acceptors (Lipinski definition) is 18. The zero-order valence-corrected chi connectivity index (χ0v) is 77.4. The standard InChI is InChI=1S/C22H20BrF5N4O3.C15H18F5NO2.C12H24B2O4.C11H11BrF2O2.C11H10F5NO2.C7H3BrF2O2.C4H11N/c1-3-17(22(26,27)28)30-11-8-14(24)18(15(25)9-11)20(33)31-16(21(34)35-2)10-12-4-5-13(23)19-29-6-7-32(12)19;1-5-11(15(18,19)20)21-8-6-9(16)12(10(17)7-8)13(22)23-14(2,3)4;1-9(2)10(3,4)16-13(15-9)14-17-11(5,6)12(7,8)18-14;1-11(2,3)16-10(15)9-7(13)4-6(12)5-8(9)14;1-2-8(11(14,15)16)17-5-3-6(12)9(10(18)19)7(13)4-5;8-3-1-4(9)6(7(11)12)5(10)2-3;1-3-4(2)5/h4-9,16-17,30H,3,10H2,1-2H3,(H,31,33);6-7,11,21H,5H2,1-4H3;1-8H3;4-5H,1-3H3;3-4,8,17H,2H2,1H3,(H,18,19);1-2H,(H,11,12);4H,3,5H2,1-2H3/t16-,17+;11-;;;8-;;4-/m01..1.0/s1. The topological polar surface area (TPSA) is 299 Å². The van der Waals surface area contributed by atoms with Crippen molar-refractivity contribution in [3.63, 3.8) is 0 Å². The molecule has 710 valence electrons. The van der Waals surface area contributed by atoms with E-state index in [-0.39, 0.29) is 57.0 Å². The quantitative estimate of drug-likeness (QED) is 0.0161. The lowest BCUT2D eigenvalue weighted by Gasteiger charge is -2.32. The number of nitrogens with two attached hydrogens (primary N) is 1. The van der Waals surface area contributed by atoms with Crippen LogP contribution >= 0.6 is 47.8 Å². The van der Waals surface area contributed by atoms with E-state index in [0.29, 0.717) is 58.3 Å². The number of amides is 1. The summed E-state index contributed by atoms with van der Waals surface area (Å²) >= 11 is 9.09. The number of carbonyl (C=O) groups is 6. The molecule has 8 N–H and O–H groups in total. The number of benzene rings is 5. The molecule has 5 aromatic carbocycles. The van der Waals surface area contributed by atoms with Crippen LogP contribution < -0.4 is 27.0 Å². The zero-order valence-electron chi connectivity index (χ0n) is 72.6. The Balaban J connectivity index is 0.000000404. The number of carbonyl (C=O) groups excluding carboxylic acids is 4. The summed E-state index contributed by atoms with van der Waals surface area (Å²) in [6.07, 6.45) is -10.7. The maximum Gasteiger partial charge on any atom is 0.488 e. The van der Waals surface area contributed by atoms with Crippen LogP contribution in [-0.2, 0) is 44.0 Å². The number of fused-ring (bicyclic) bond motifs is 1. The van der Waals surface area contributed by atoms with E-state index in [1.807, 2.05) is 78.3 Å². The molecule has 0 unspecified atom stereocenters. The van der Waals surface area contributed by atoms with Gasteiger partial charge in [-0.3, -0.25) is 4.79 Å². The Kier molecular flexibility index (Phi) is 40.9. The highest BCUT2D eigenvalue weighted by Gasteiger charge is 2.64. The van der Waals surface area contributed by atoms with Crippen molar-refractivity contribution in [3.05, 3.63) is 190 Å². The average Bonchev–Trinajstić information content (AvgIpc) is 1.59. The molecule has 7 aromatic rings. The molecule has 0 saturated carbocycles. The van der Waals surface area contributed by atoms with Crippen LogP contribution in [0.4, 0.5) is 100 Å². The summed E-state index contributed by atoms with van der Waals surface area (Å²) in [5.74, 6) is -20.1. The highest BCUT2D eigenvalue weighted by Crippen LogP contribution is 2.44. The van der Waals surface area contributed by atoms with E-state index in [0.717, 1.165) is 37.8 Å². The van der Waals surface area contributed by atoms with Gasteiger partial charge < -0.3 is 74.4 Å². The number of hydrogen-bond donors (Lipinski definition) is 7. The number of anilines is 3. The SMILES string of the molecule is CC(C)(C)OC(=O)c1c(F)cc(Br)cc1F.CC1(C)OB(B2OC(C)(C)C(C)(C)O2)OC1(C)C.CC[C@@H](Nc1cc(F)c(C(=O)N[C@@H](Cc2ccc(Br)c3nccn23)C(=O)OC)c(F)c1)C(F)(F)F.CC[C@@H](Nc1cc(F)c(C(=O)O)c(F)c1)C(F)(F)F.CC[C@@H](Nc1cc(F)c(C(=O)OC(C)(C)C)c(F)c1)C(F)(F)F.CC[C@H](C)N.O=C(O)c1c(F)cc(Br)cc1F. The number of nitrogens with one attached hydrogen (secondary N) is 4. The molecule has 2 aromatic heterocycles. The van der Waals surface area contributed by atoms with E-state index in [9.17, 15) is 112 Å². The minimum atomic E-state index is -4.64. The second-order valence-electron chi connectivity index (χ2n) is 32.2. The number of carboxylic acids is 2. The number of alkyl halides is 9. The first-order valence-electron chi connectivity index (χ1n) is 38.5. The van der Waals surface area contributed by atoms with Gasteiger partial charge in [-0.1, -0.05) is 59.6 Å². The van der Waals surface area contributed by atoms with Crippen molar-refractivity contribution >= 4 is 120 Å². The fourth-order valence-electron chi connectivity index (χ4n) is 10.6. The minimum Gasteiger partial charge on any atom is -0.477 e. The molecular weight excluding hydrogens is 1950 g/mol.